The molecule has 1 aromatic heterocycles. The Morgan fingerprint density at radius 2 is 2.28 bits per heavy atom. The van der Waals surface area contributed by atoms with Gasteiger partial charge in [0.1, 0.15) is 0 Å². The molecule has 1 atom stereocenters. The van der Waals surface area contributed by atoms with Crippen LogP contribution in [0.3, 0.4) is 0 Å². The molecule has 0 amide bonds. The maximum absolute atomic E-state index is 12.0. The van der Waals surface area contributed by atoms with Crippen molar-refractivity contribution in [2.75, 3.05) is 32.7 Å². The Bertz CT molecular complexity index is 370. The van der Waals surface area contributed by atoms with Gasteiger partial charge in [0.2, 0.25) is 0 Å². The highest BCUT2D eigenvalue weighted by atomic mass is 16.1. The number of Topliss-reactive ketones (excluding diaryl/α,β-unsaturated/α-hetero) is 1. The third kappa shape index (κ3) is 3.00. The van der Waals surface area contributed by atoms with Crippen LogP contribution >= 0.6 is 0 Å². The third-order valence-electron chi connectivity index (χ3n) is 3.84. The average Bonchev–Trinajstić information content (AvgIpc) is 3.01. The first kappa shape index (κ1) is 13.3. The first-order valence-electron chi connectivity index (χ1n) is 6.87. The molecular weight excluding hydrogens is 226 g/mol. The largest absolute Gasteiger partial charge is 0.359 e. The Labute approximate surface area is 109 Å². The van der Waals surface area contributed by atoms with Crippen LogP contribution in [-0.2, 0) is 0 Å². The number of ketones is 1. The van der Waals surface area contributed by atoms with Crippen molar-refractivity contribution in [3.05, 3.63) is 24.0 Å². The summed E-state index contributed by atoms with van der Waals surface area (Å²) < 4.78 is 0. The van der Waals surface area contributed by atoms with Crippen LogP contribution in [0, 0.1) is 0 Å². The number of nitrogens with zero attached hydrogens (tertiary/aromatic N) is 2. The van der Waals surface area contributed by atoms with Gasteiger partial charge in [-0.15, -0.1) is 0 Å². The standard InChI is InChI=1S/C14H23N3O/c1-3-17(4-2)12-7-9-16(10-12)11-14(18)13-6-5-8-15-13/h5-6,8,12,15H,3-4,7,9-11H2,1-2H3. The number of nitrogens with one attached hydrogen (secondary N) is 1. The van der Waals surface area contributed by atoms with Crippen LogP contribution in [-0.4, -0.2) is 59.3 Å². The van der Waals surface area contributed by atoms with Gasteiger partial charge in [0.15, 0.2) is 5.78 Å². The van der Waals surface area contributed by atoms with Crippen molar-refractivity contribution >= 4 is 5.78 Å². The normalized spacial score (nSPS) is 20.7. The van der Waals surface area contributed by atoms with Crippen molar-refractivity contribution in [3.63, 3.8) is 0 Å². The highest BCUT2D eigenvalue weighted by molar-refractivity contribution is 5.95. The molecule has 4 nitrogen and oxygen atoms in total. The summed E-state index contributed by atoms with van der Waals surface area (Å²) in [5.74, 6) is 0.195. The lowest BCUT2D eigenvalue weighted by Crippen LogP contribution is -2.38. The Balaban J connectivity index is 1.84. The summed E-state index contributed by atoms with van der Waals surface area (Å²) in [4.78, 5) is 19.7. The molecule has 2 rings (SSSR count). The van der Waals surface area contributed by atoms with E-state index in [-0.39, 0.29) is 5.78 Å². The molecule has 0 radical (unpaired) electrons. The van der Waals surface area contributed by atoms with E-state index in [9.17, 15) is 4.79 Å². The van der Waals surface area contributed by atoms with Crippen molar-refractivity contribution < 1.29 is 4.79 Å². The third-order valence-corrected chi connectivity index (χ3v) is 3.84. The number of aromatic nitrogens is 1. The topological polar surface area (TPSA) is 39.3 Å². The second-order valence-corrected chi connectivity index (χ2v) is 4.91. The highest BCUT2D eigenvalue weighted by Crippen LogP contribution is 2.15. The van der Waals surface area contributed by atoms with Gasteiger partial charge in [0.25, 0.3) is 0 Å². The summed E-state index contributed by atoms with van der Waals surface area (Å²) >= 11 is 0. The van der Waals surface area contributed by atoms with Crippen molar-refractivity contribution in [3.8, 4) is 0 Å². The SMILES string of the molecule is CCN(CC)C1CCN(CC(=O)c2ccc[nH]2)C1. The van der Waals surface area contributed by atoms with Gasteiger partial charge in [-0.2, -0.15) is 0 Å². The number of carbonyl (C=O) groups excluding carboxylic acids is 1. The first-order chi connectivity index (χ1) is 8.74. The molecule has 100 valence electrons. The number of rotatable bonds is 6. The number of aromatic amines is 1. The lowest BCUT2D eigenvalue weighted by Gasteiger charge is -2.26. The number of hydrogen-bond donors (Lipinski definition) is 1. The van der Waals surface area contributed by atoms with Crippen molar-refractivity contribution in [2.24, 2.45) is 0 Å². The molecule has 2 heterocycles. The second kappa shape index (κ2) is 6.16. The average molecular weight is 249 g/mol. The van der Waals surface area contributed by atoms with Crippen molar-refractivity contribution in [1.29, 1.82) is 0 Å². The zero-order valence-corrected chi connectivity index (χ0v) is 11.4. The molecule has 1 unspecified atom stereocenters. The van der Waals surface area contributed by atoms with E-state index in [0.29, 0.717) is 12.6 Å². The molecule has 1 aliphatic rings. The summed E-state index contributed by atoms with van der Waals surface area (Å²) in [5, 5.41) is 0. The van der Waals surface area contributed by atoms with E-state index in [2.05, 4.69) is 28.6 Å². The highest BCUT2D eigenvalue weighted by Gasteiger charge is 2.27. The molecule has 0 spiro atoms. The first-order valence-corrected chi connectivity index (χ1v) is 6.87. The van der Waals surface area contributed by atoms with Crippen LogP contribution < -0.4 is 0 Å². The van der Waals surface area contributed by atoms with Crippen LogP contribution in [0.4, 0.5) is 0 Å². The molecule has 0 aliphatic carbocycles. The summed E-state index contributed by atoms with van der Waals surface area (Å²) in [5.41, 5.74) is 0.723. The van der Waals surface area contributed by atoms with Crippen LogP contribution in [0.2, 0.25) is 0 Å². The fourth-order valence-corrected chi connectivity index (χ4v) is 2.79. The van der Waals surface area contributed by atoms with Gasteiger partial charge < -0.3 is 4.98 Å². The van der Waals surface area contributed by atoms with E-state index in [0.717, 1.165) is 31.9 Å². The van der Waals surface area contributed by atoms with Gasteiger partial charge >= 0.3 is 0 Å². The molecule has 0 aromatic carbocycles. The summed E-state index contributed by atoms with van der Waals surface area (Å²) in [6.07, 6.45) is 2.98. The Hall–Kier alpha value is -1.13. The lowest BCUT2D eigenvalue weighted by atomic mass is 10.2. The van der Waals surface area contributed by atoms with Crippen LogP contribution in [0.5, 0.6) is 0 Å². The van der Waals surface area contributed by atoms with Gasteiger partial charge in [-0.1, -0.05) is 13.8 Å². The molecule has 18 heavy (non-hydrogen) atoms. The summed E-state index contributed by atoms with van der Waals surface area (Å²) in [7, 11) is 0. The Kier molecular flexibility index (Phi) is 4.55. The lowest BCUT2D eigenvalue weighted by molar-refractivity contribution is 0.0935. The molecule has 1 aliphatic heterocycles. The van der Waals surface area contributed by atoms with E-state index in [1.807, 2.05) is 12.1 Å². The van der Waals surface area contributed by atoms with E-state index >= 15 is 0 Å². The number of likely N-dealkylation sites (N-methyl/N-ethyl adjacent to an activating group) is 1. The molecular formula is C14H23N3O. The van der Waals surface area contributed by atoms with Gasteiger partial charge in [0.05, 0.1) is 12.2 Å². The number of carbonyl (C=O) groups is 1. The van der Waals surface area contributed by atoms with Crippen molar-refractivity contribution in [2.45, 2.75) is 26.3 Å². The fraction of sp³-hybridized carbons (Fsp3) is 0.643. The molecule has 0 bridgehead atoms. The minimum absolute atomic E-state index is 0.195. The predicted octanol–water partition coefficient (Wildman–Crippen LogP) is 1.61. The molecule has 1 aromatic rings. The number of hydrogen-bond acceptors (Lipinski definition) is 3. The van der Waals surface area contributed by atoms with Gasteiger partial charge in [-0.05, 0) is 31.6 Å². The summed E-state index contributed by atoms with van der Waals surface area (Å²) in [6, 6.07) is 4.34. The van der Waals surface area contributed by atoms with Gasteiger partial charge in [-0.3, -0.25) is 14.6 Å². The molecule has 0 saturated carbocycles. The van der Waals surface area contributed by atoms with E-state index in [4.69, 9.17) is 0 Å². The molecule has 1 N–H and O–H groups in total. The summed E-state index contributed by atoms with van der Waals surface area (Å²) in [6.45, 7) is 9.20. The smallest absolute Gasteiger partial charge is 0.192 e. The van der Waals surface area contributed by atoms with Crippen LogP contribution in [0.25, 0.3) is 0 Å². The minimum Gasteiger partial charge on any atom is -0.359 e. The Morgan fingerprint density at radius 3 is 2.89 bits per heavy atom. The zero-order valence-electron chi connectivity index (χ0n) is 11.4. The van der Waals surface area contributed by atoms with Crippen molar-refractivity contribution in [1.82, 2.24) is 14.8 Å². The molecule has 1 saturated heterocycles. The zero-order chi connectivity index (χ0) is 13.0. The second-order valence-electron chi connectivity index (χ2n) is 4.91. The molecule has 1 fully saturated rings. The quantitative estimate of drug-likeness (QED) is 0.779. The van der Waals surface area contributed by atoms with E-state index < -0.39 is 0 Å². The monoisotopic (exact) mass is 249 g/mol. The predicted molar refractivity (Wildman–Crippen MR) is 72.9 cm³/mol. The Morgan fingerprint density at radius 1 is 1.50 bits per heavy atom. The fourth-order valence-electron chi connectivity index (χ4n) is 2.79. The van der Waals surface area contributed by atoms with E-state index in [1.165, 1.54) is 6.42 Å². The van der Waals surface area contributed by atoms with Gasteiger partial charge in [-0.25, -0.2) is 0 Å². The molecule has 4 heteroatoms. The maximum Gasteiger partial charge on any atom is 0.192 e. The van der Waals surface area contributed by atoms with E-state index in [1.54, 1.807) is 6.20 Å². The number of likely N-dealkylation sites (tertiary alicyclic amines) is 1. The maximum atomic E-state index is 12.0. The number of H-pyrrole nitrogens is 1. The van der Waals surface area contributed by atoms with Crippen LogP contribution in [0.15, 0.2) is 18.3 Å². The van der Waals surface area contributed by atoms with Gasteiger partial charge in [0, 0.05) is 25.3 Å². The minimum atomic E-state index is 0.195. The van der Waals surface area contributed by atoms with Crippen LogP contribution in [0.1, 0.15) is 30.8 Å².